The first-order valence-corrected chi connectivity index (χ1v) is 7.99. The molecular formula is C17H25N3O2. The summed E-state index contributed by atoms with van der Waals surface area (Å²) in [4.78, 5) is 14.4. The molecule has 2 atom stereocenters. The standard InChI is InChI=1S/C17H25N3O2/c1-17(2)11-20(8-5-9-22-17)16(21)19-14-10-12-6-3-4-7-13(12)15(14)18/h3-4,6-7,14-15H,5,8-11,18H2,1-2H3,(H,19,21)/t14-,15-/m1/s1. The fourth-order valence-corrected chi connectivity index (χ4v) is 3.38. The highest BCUT2D eigenvalue weighted by Gasteiger charge is 2.33. The van der Waals surface area contributed by atoms with Crippen molar-refractivity contribution in [2.24, 2.45) is 5.73 Å². The molecule has 0 spiro atoms. The molecule has 0 unspecified atom stereocenters. The van der Waals surface area contributed by atoms with Crippen LogP contribution in [0.3, 0.4) is 0 Å². The number of rotatable bonds is 1. The van der Waals surface area contributed by atoms with E-state index in [0.29, 0.717) is 13.2 Å². The molecule has 1 aliphatic carbocycles. The van der Waals surface area contributed by atoms with Crippen molar-refractivity contribution in [1.29, 1.82) is 0 Å². The molecule has 1 aliphatic heterocycles. The van der Waals surface area contributed by atoms with Gasteiger partial charge in [0.05, 0.1) is 24.2 Å². The zero-order valence-corrected chi connectivity index (χ0v) is 13.3. The maximum atomic E-state index is 12.6. The van der Waals surface area contributed by atoms with Gasteiger partial charge in [0, 0.05) is 13.2 Å². The van der Waals surface area contributed by atoms with Crippen molar-refractivity contribution in [1.82, 2.24) is 10.2 Å². The van der Waals surface area contributed by atoms with Crippen LogP contribution in [0, 0.1) is 0 Å². The molecule has 0 radical (unpaired) electrons. The third-order valence-electron chi connectivity index (χ3n) is 4.52. The van der Waals surface area contributed by atoms with Crippen LogP contribution < -0.4 is 11.1 Å². The molecule has 1 heterocycles. The third-order valence-corrected chi connectivity index (χ3v) is 4.52. The first kappa shape index (κ1) is 15.3. The summed E-state index contributed by atoms with van der Waals surface area (Å²) < 4.78 is 5.77. The molecule has 5 heteroatoms. The van der Waals surface area contributed by atoms with E-state index >= 15 is 0 Å². The predicted molar refractivity (Wildman–Crippen MR) is 85.6 cm³/mol. The van der Waals surface area contributed by atoms with Gasteiger partial charge in [-0.1, -0.05) is 24.3 Å². The summed E-state index contributed by atoms with van der Waals surface area (Å²) in [5.41, 5.74) is 8.38. The smallest absolute Gasteiger partial charge is 0.317 e. The average Bonchev–Trinajstić information content (AvgIpc) is 2.66. The lowest BCUT2D eigenvalue weighted by molar-refractivity contribution is -0.0133. The number of benzene rings is 1. The van der Waals surface area contributed by atoms with Gasteiger partial charge in [0.2, 0.25) is 0 Å². The molecule has 0 aromatic heterocycles. The Morgan fingerprint density at radius 1 is 1.41 bits per heavy atom. The summed E-state index contributed by atoms with van der Waals surface area (Å²) in [6.07, 6.45) is 1.67. The summed E-state index contributed by atoms with van der Waals surface area (Å²) in [5.74, 6) is 0. The fraction of sp³-hybridized carbons (Fsp3) is 0.588. The maximum absolute atomic E-state index is 12.6. The number of carbonyl (C=O) groups is 1. The first-order valence-electron chi connectivity index (χ1n) is 7.99. The zero-order valence-electron chi connectivity index (χ0n) is 13.3. The number of urea groups is 1. The van der Waals surface area contributed by atoms with E-state index in [-0.39, 0.29) is 23.7 Å². The van der Waals surface area contributed by atoms with E-state index in [1.165, 1.54) is 5.56 Å². The Morgan fingerprint density at radius 3 is 2.95 bits per heavy atom. The van der Waals surface area contributed by atoms with Crippen molar-refractivity contribution in [2.45, 2.75) is 44.4 Å². The number of amides is 2. The van der Waals surface area contributed by atoms with Gasteiger partial charge >= 0.3 is 6.03 Å². The second-order valence-corrected chi connectivity index (χ2v) is 6.87. The number of nitrogens with zero attached hydrogens (tertiary/aromatic N) is 1. The van der Waals surface area contributed by atoms with Gasteiger partial charge in [-0.3, -0.25) is 0 Å². The SMILES string of the molecule is CC1(C)CN(C(=O)N[C@@H]2Cc3ccccc3[C@H]2N)CCCO1. The minimum Gasteiger partial charge on any atom is -0.374 e. The molecule has 2 amide bonds. The van der Waals surface area contributed by atoms with Gasteiger partial charge in [0.15, 0.2) is 0 Å². The van der Waals surface area contributed by atoms with E-state index < -0.39 is 0 Å². The van der Waals surface area contributed by atoms with Crippen LogP contribution in [-0.2, 0) is 11.2 Å². The molecule has 1 fully saturated rings. The van der Waals surface area contributed by atoms with Crippen molar-refractivity contribution < 1.29 is 9.53 Å². The maximum Gasteiger partial charge on any atom is 0.317 e. The van der Waals surface area contributed by atoms with Crippen molar-refractivity contribution in [3.63, 3.8) is 0 Å². The number of nitrogens with one attached hydrogen (secondary N) is 1. The number of hydrogen-bond donors (Lipinski definition) is 2. The predicted octanol–water partition coefficient (Wildman–Crippen LogP) is 1.82. The largest absolute Gasteiger partial charge is 0.374 e. The molecule has 5 nitrogen and oxygen atoms in total. The van der Waals surface area contributed by atoms with E-state index in [9.17, 15) is 4.79 Å². The molecule has 120 valence electrons. The van der Waals surface area contributed by atoms with Gasteiger partial charge in [-0.25, -0.2) is 4.79 Å². The highest BCUT2D eigenvalue weighted by Crippen LogP contribution is 2.29. The lowest BCUT2D eigenvalue weighted by Gasteiger charge is -2.30. The van der Waals surface area contributed by atoms with Gasteiger partial charge < -0.3 is 20.7 Å². The second kappa shape index (κ2) is 5.89. The Bertz CT molecular complexity index is 559. The van der Waals surface area contributed by atoms with Gasteiger partial charge in [0.1, 0.15) is 0 Å². The summed E-state index contributed by atoms with van der Waals surface area (Å²) in [6, 6.07) is 7.96. The Morgan fingerprint density at radius 2 is 2.18 bits per heavy atom. The molecule has 1 aromatic rings. The zero-order chi connectivity index (χ0) is 15.7. The second-order valence-electron chi connectivity index (χ2n) is 6.87. The van der Waals surface area contributed by atoms with E-state index in [1.807, 2.05) is 30.9 Å². The average molecular weight is 303 g/mol. The topological polar surface area (TPSA) is 67.6 Å². The van der Waals surface area contributed by atoms with Crippen LogP contribution in [0.4, 0.5) is 4.79 Å². The highest BCUT2D eigenvalue weighted by atomic mass is 16.5. The molecular weight excluding hydrogens is 278 g/mol. The molecule has 0 bridgehead atoms. The Hall–Kier alpha value is -1.59. The Balaban J connectivity index is 1.65. The molecule has 2 aliphatic rings. The number of ether oxygens (including phenoxy) is 1. The van der Waals surface area contributed by atoms with Crippen molar-refractivity contribution in [2.75, 3.05) is 19.7 Å². The lowest BCUT2D eigenvalue weighted by atomic mass is 10.1. The van der Waals surface area contributed by atoms with Gasteiger partial charge in [-0.15, -0.1) is 0 Å². The van der Waals surface area contributed by atoms with Crippen LogP contribution in [0.25, 0.3) is 0 Å². The molecule has 1 saturated heterocycles. The van der Waals surface area contributed by atoms with Crippen LogP contribution in [0.2, 0.25) is 0 Å². The minimum atomic E-state index is -0.297. The first-order chi connectivity index (χ1) is 10.5. The van der Waals surface area contributed by atoms with Crippen molar-refractivity contribution >= 4 is 6.03 Å². The molecule has 22 heavy (non-hydrogen) atoms. The van der Waals surface area contributed by atoms with Gasteiger partial charge in [0.25, 0.3) is 0 Å². The van der Waals surface area contributed by atoms with Crippen LogP contribution in [0.15, 0.2) is 24.3 Å². The summed E-state index contributed by atoms with van der Waals surface area (Å²) in [6.45, 7) is 6.08. The van der Waals surface area contributed by atoms with Gasteiger partial charge in [-0.05, 0) is 37.8 Å². The van der Waals surface area contributed by atoms with Crippen molar-refractivity contribution in [3.8, 4) is 0 Å². The van der Waals surface area contributed by atoms with Crippen LogP contribution in [-0.4, -0.2) is 42.3 Å². The van der Waals surface area contributed by atoms with Crippen LogP contribution in [0.5, 0.6) is 0 Å². The number of hydrogen-bond acceptors (Lipinski definition) is 3. The minimum absolute atomic E-state index is 0.0304. The quantitative estimate of drug-likeness (QED) is 0.831. The van der Waals surface area contributed by atoms with Gasteiger partial charge in [-0.2, -0.15) is 0 Å². The number of carbonyl (C=O) groups excluding carboxylic acids is 1. The Kier molecular flexibility index (Phi) is 4.10. The summed E-state index contributed by atoms with van der Waals surface area (Å²) in [5, 5.41) is 3.12. The van der Waals surface area contributed by atoms with E-state index in [0.717, 1.165) is 24.9 Å². The van der Waals surface area contributed by atoms with Crippen LogP contribution in [0.1, 0.15) is 37.4 Å². The van der Waals surface area contributed by atoms with E-state index in [1.54, 1.807) is 0 Å². The highest BCUT2D eigenvalue weighted by molar-refractivity contribution is 5.75. The molecule has 3 N–H and O–H groups in total. The summed E-state index contributed by atoms with van der Waals surface area (Å²) >= 11 is 0. The van der Waals surface area contributed by atoms with E-state index in [2.05, 4.69) is 17.4 Å². The summed E-state index contributed by atoms with van der Waals surface area (Å²) in [7, 11) is 0. The lowest BCUT2D eigenvalue weighted by Crippen LogP contribution is -2.51. The van der Waals surface area contributed by atoms with Crippen LogP contribution >= 0.6 is 0 Å². The van der Waals surface area contributed by atoms with Crippen molar-refractivity contribution in [3.05, 3.63) is 35.4 Å². The fourth-order valence-electron chi connectivity index (χ4n) is 3.38. The normalized spacial score (nSPS) is 27.1. The molecule has 1 aromatic carbocycles. The van der Waals surface area contributed by atoms with E-state index in [4.69, 9.17) is 10.5 Å². The third kappa shape index (κ3) is 3.10. The molecule has 3 rings (SSSR count). The number of fused-ring (bicyclic) bond motifs is 1. The Labute approximate surface area is 131 Å². The monoisotopic (exact) mass is 303 g/mol. The number of nitrogens with two attached hydrogens (primary N) is 1. The molecule has 0 saturated carbocycles.